The highest BCUT2D eigenvalue weighted by Crippen LogP contribution is 2.52. The van der Waals surface area contributed by atoms with Crippen molar-refractivity contribution in [1.29, 1.82) is 0 Å². The third-order valence-corrected chi connectivity index (χ3v) is 4.05. The molecule has 3 nitrogen and oxygen atoms in total. The van der Waals surface area contributed by atoms with E-state index in [0.717, 1.165) is 24.1 Å². The van der Waals surface area contributed by atoms with Gasteiger partial charge in [0.15, 0.2) is 0 Å². The minimum Gasteiger partial charge on any atom is -0.358 e. The number of fused-ring (bicyclic) bond motifs is 1. The zero-order valence-corrected chi connectivity index (χ0v) is 12.6. The molecule has 0 radical (unpaired) electrons. The number of carbonyl (C=O) groups is 1. The maximum atomic E-state index is 12.7. The zero-order valence-electron chi connectivity index (χ0n) is 12.6. The third kappa shape index (κ3) is 2.01. The first-order valence-electron chi connectivity index (χ1n) is 7.24. The predicted octanol–water partition coefficient (Wildman–Crippen LogP) is 3.42. The Bertz CT molecular complexity index is 672. The molecule has 20 heavy (non-hydrogen) atoms. The number of aryl methyl sites for hydroxylation is 1. The summed E-state index contributed by atoms with van der Waals surface area (Å²) in [5, 5.41) is 4.34. The van der Waals surface area contributed by atoms with E-state index in [4.69, 9.17) is 0 Å². The SMILES string of the molecule is Cc1[nH]c2ccccc2c1C1(C(=O)NC(C)(C)C)CC1. The highest BCUT2D eigenvalue weighted by molar-refractivity contribution is 5.98. The topological polar surface area (TPSA) is 44.9 Å². The van der Waals surface area contributed by atoms with E-state index >= 15 is 0 Å². The maximum absolute atomic E-state index is 12.7. The second-order valence-electron chi connectivity index (χ2n) is 6.96. The standard InChI is InChI=1S/C17H22N2O/c1-11-14(12-7-5-6-8-13(12)18-11)17(9-10-17)15(20)19-16(2,3)4/h5-8,18H,9-10H2,1-4H3,(H,19,20). The number of aromatic nitrogens is 1. The lowest BCUT2D eigenvalue weighted by molar-refractivity contribution is -0.125. The van der Waals surface area contributed by atoms with E-state index in [-0.39, 0.29) is 16.9 Å². The molecule has 2 N–H and O–H groups in total. The van der Waals surface area contributed by atoms with Gasteiger partial charge in [0, 0.05) is 22.1 Å². The van der Waals surface area contributed by atoms with Crippen molar-refractivity contribution < 1.29 is 4.79 Å². The van der Waals surface area contributed by atoms with Crippen molar-refractivity contribution in [2.75, 3.05) is 0 Å². The molecule has 0 saturated heterocycles. The first-order valence-corrected chi connectivity index (χ1v) is 7.24. The molecule has 1 aromatic carbocycles. The molecule has 0 bridgehead atoms. The molecule has 1 aliphatic carbocycles. The number of hydrogen-bond acceptors (Lipinski definition) is 1. The molecule has 1 saturated carbocycles. The van der Waals surface area contributed by atoms with Gasteiger partial charge in [-0.2, -0.15) is 0 Å². The first-order chi connectivity index (χ1) is 9.33. The number of nitrogens with one attached hydrogen (secondary N) is 2. The molecular weight excluding hydrogens is 248 g/mol. The summed E-state index contributed by atoms with van der Waals surface area (Å²) in [4.78, 5) is 16.1. The van der Waals surface area contributed by atoms with Crippen LogP contribution in [0.1, 0.15) is 44.9 Å². The van der Waals surface area contributed by atoms with E-state index in [1.165, 1.54) is 10.9 Å². The summed E-state index contributed by atoms with van der Waals surface area (Å²) in [5.74, 6) is 0.165. The van der Waals surface area contributed by atoms with Gasteiger partial charge in [-0.3, -0.25) is 4.79 Å². The van der Waals surface area contributed by atoms with Crippen LogP contribution in [0.15, 0.2) is 24.3 Å². The van der Waals surface area contributed by atoms with Gasteiger partial charge in [0.25, 0.3) is 0 Å². The lowest BCUT2D eigenvalue weighted by Crippen LogP contribution is -2.46. The number of H-pyrrole nitrogens is 1. The van der Waals surface area contributed by atoms with Crippen LogP contribution in [0.2, 0.25) is 0 Å². The van der Waals surface area contributed by atoms with Gasteiger partial charge in [0.05, 0.1) is 5.41 Å². The summed E-state index contributed by atoms with van der Waals surface area (Å²) in [6, 6.07) is 8.25. The van der Waals surface area contributed by atoms with Crippen LogP contribution < -0.4 is 5.32 Å². The molecule has 1 aromatic heterocycles. The van der Waals surface area contributed by atoms with Crippen molar-refractivity contribution in [2.24, 2.45) is 0 Å². The van der Waals surface area contributed by atoms with Crippen LogP contribution in [0.3, 0.4) is 0 Å². The van der Waals surface area contributed by atoms with E-state index < -0.39 is 0 Å². The molecule has 2 aromatic rings. The number of hydrogen-bond donors (Lipinski definition) is 2. The van der Waals surface area contributed by atoms with Crippen molar-refractivity contribution in [3.8, 4) is 0 Å². The number of amides is 1. The molecule has 3 rings (SSSR count). The Kier molecular flexibility index (Phi) is 2.72. The number of aromatic amines is 1. The molecule has 1 aliphatic rings. The quantitative estimate of drug-likeness (QED) is 0.863. The molecule has 0 atom stereocenters. The van der Waals surface area contributed by atoms with Gasteiger partial charge >= 0.3 is 0 Å². The third-order valence-electron chi connectivity index (χ3n) is 4.05. The van der Waals surface area contributed by atoms with Gasteiger partial charge in [-0.1, -0.05) is 18.2 Å². The monoisotopic (exact) mass is 270 g/mol. The Morgan fingerprint density at radius 1 is 1.25 bits per heavy atom. The van der Waals surface area contributed by atoms with Gasteiger partial charge in [-0.25, -0.2) is 0 Å². The Labute approximate surface area is 119 Å². The van der Waals surface area contributed by atoms with E-state index in [1.54, 1.807) is 0 Å². The minimum absolute atomic E-state index is 0.165. The van der Waals surface area contributed by atoms with E-state index in [9.17, 15) is 4.79 Å². The van der Waals surface area contributed by atoms with Crippen molar-refractivity contribution in [3.63, 3.8) is 0 Å². The molecule has 1 fully saturated rings. The van der Waals surface area contributed by atoms with Crippen molar-refractivity contribution in [2.45, 2.75) is 51.5 Å². The zero-order chi connectivity index (χ0) is 14.5. The Morgan fingerprint density at radius 2 is 1.90 bits per heavy atom. The lowest BCUT2D eigenvalue weighted by Gasteiger charge is -2.25. The fourth-order valence-electron chi connectivity index (χ4n) is 3.07. The van der Waals surface area contributed by atoms with Crippen LogP contribution in [0.25, 0.3) is 10.9 Å². The molecule has 0 aliphatic heterocycles. The lowest BCUT2D eigenvalue weighted by atomic mass is 9.91. The normalized spacial score (nSPS) is 17.2. The van der Waals surface area contributed by atoms with Crippen molar-refractivity contribution >= 4 is 16.8 Å². The largest absolute Gasteiger partial charge is 0.358 e. The number of para-hydroxylation sites is 1. The average Bonchev–Trinajstić information content (AvgIpc) is 3.05. The molecule has 106 valence electrons. The van der Waals surface area contributed by atoms with Gasteiger partial charge in [-0.05, 0) is 52.2 Å². The van der Waals surface area contributed by atoms with Crippen molar-refractivity contribution in [3.05, 3.63) is 35.5 Å². The molecule has 1 heterocycles. The van der Waals surface area contributed by atoms with Gasteiger partial charge in [0.1, 0.15) is 0 Å². The summed E-state index contributed by atoms with van der Waals surface area (Å²) in [5.41, 5.74) is 2.92. The number of benzene rings is 1. The Balaban J connectivity index is 2.06. The second kappa shape index (κ2) is 4.11. The fraction of sp³-hybridized carbons (Fsp3) is 0.471. The van der Waals surface area contributed by atoms with E-state index in [0.29, 0.717) is 0 Å². The second-order valence-corrected chi connectivity index (χ2v) is 6.96. The number of rotatable bonds is 2. The van der Waals surface area contributed by atoms with Gasteiger partial charge in [-0.15, -0.1) is 0 Å². The van der Waals surface area contributed by atoms with Crippen LogP contribution in [-0.4, -0.2) is 16.4 Å². The Morgan fingerprint density at radius 3 is 2.50 bits per heavy atom. The summed E-state index contributed by atoms with van der Waals surface area (Å²) < 4.78 is 0. The molecule has 0 spiro atoms. The van der Waals surface area contributed by atoms with Crippen molar-refractivity contribution in [1.82, 2.24) is 10.3 Å². The molecule has 3 heteroatoms. The fourth-order valence-corrected chi connectivity index (χ4v) is 3.07. The van der Waals surface area contributed by atoms with Crippen LogP contribution >= 0.6 is 0 Å². The highest BCUT2D eigenvalue weighted by atomic mass is 16.2. The summed E-state index contributed by atoms with van der Waals surface area (Å²) in [6.07, 6.45) is 1.88. The first kappa shape index (κ1) is 13.2. The highest BCUT2D eigenvalue weighted by Gasteiger charge is 2.53. The van der Waals surface area contributed by atoms with Gasteiger partial charge < -0.3 is 10.3 Å². The van der Waals surface area contributed by atoms with Gasteiger partial charge in [0.2, 0.25) is 5.91 Å². The summed E-state index contributed by atoms with van der Waals surface area (Å²) >= 11 is 0. The van der Waals surface area contributed by atoms with Crippen LogP contribution in [0, 0.1) is 6.92 Å². The van der Waals surface area contributed by atoms with Crippen LogP contribution in [0.4, 0.5) is 0 Å². The minimum atomic E-state index is -0.322. The number of carbonyl (C=O) groups excluding carboxylic acids is 1. The molecule has 0 unspecified atom stereocenters. The van der Waals surface area contributed by atoms with Crippen LogP contribution in [-0.2, 0) is 10.2 Å². The smallest absolute Gasteiger partial charge is 0.231 e. The van der Waals surface area contributed by atoms with E-state index in [2.05, 4.69) is 29.4 Å². The van der Waals surface area contributed by atoms with E-state index in [1.807, 2.05) is 32.9 Å². The predicted molar refractivity (Wildman–Crippen MR) is 81.8 cm³/mol. The Hall–Kier alpha value is -1.77. The molecule has 1 amide bonds. The summed E-state index contributed by atoms with van der Waals surface area (Å²) in [7, 11) is 0. The maximum Gasteiger partial charge on any atom is 0.231 e. The van der Waals surface area contributed by atoms with Crippen LogP contribution in [0.5, 0.6) is 0 Å². The average molecular weight is 270 g/mol. The molecular formula is C17H22N2O. The summed E-state index contributed by atoms with van der Waals surface area (Å²) in [6.45, 7) is 8.16.